The SMILES string of the molecule is Fc1c(Cl)ccc2nc(Br)sc12. The number of rotatable bonds is 0. The number of halogens is 3. The van der Waals surface area contributed by atoms with Crippen LogP contribution in [-0.2, 0) is 0 Å². The molecule has 1 aromatic heterocycles. The molecule has 0 aliphatic heterocycles. The van der Waals surface area contributed by atoms with Crippen molar-refractivity contribution in [3.8, 4) is 0 Å². The van der Waals surface area contributed by atoms with Gasteiger partial charge >= 0.3 is 0 Å². The van der Waals surface area contributed by atoms with Crippen LogP contribution in [0.3, 0.4) is 0 Å². The minimum absolute atomic E-state index is 0.138. The fourth-order valence-corrected chi connectivity index (χ4v) is 2.53. The maximum Gasteiger partial charge on any atom is 0.161 e. The van der Waals surface area contributed by atoms with Gasteiger partial charge in [-0.3, -0.25) is 0 Å². The number of benzene rings is 1. The van der Waals surface area contributed by atoms with Gasteiger partial charge in [-0.25, -0.2) is 9.37 Å². The molecule has 0 aliphatic carbocycles. The summed E-state index contributed by atoms with van der Waals surface area (Å²) in [6, 6.07) is 3.20. The highest BCUT2D eigenvalue weighted by Gasteiger charge is 2.09. The van der Waals surface area contributed by atoms with Gasteiger partial charge in [-0.1, -0.05) is 11.6 Å². The van der Waals surface area contributed by atoms with E-state index >= 15 is 0 Å². The van der Waals surface area contributed by atoms with Gasteiger partial charge in [0.15, 0.2) is 9.73 Å². The lowest BCUT2D eigenvalue weighted by Gasteiger charge is -1.92. The maximum atomic E-state index is 13.2. The second-order valence-corrected chi connectivity index (χ2v) is 4.86. The summed E-state index contributed by atoms with van der Waals surface area (Å²) in [5.41, 5.74) is 0.633. The Morgan fingerprint density at radius 3 is 3.00 bits per heavy atom. The van der Waals surface area contributed by atoms with Crippen molar-refractivity contribution in [1.29, 1.82) is 0 Å². The number of nitrogens with zero attached hydrogens (tertiary/aromatic N) is 1. The molecule has 0 bridgehead atoms. The van der Waals surface area contributed by atoms with Crippen LogP contribution in [0.4, 0.5) is 4.39 Å². The molecular formula is C7H2BrClFNS. The van der Waals surface area contributed by atoms with Gasteiger partial charge in [-0.05, 0) is 28.1 Å². The van der Waals surface area contributed by atoms with Gasteiger partial charge in [0.25, 0.3) is 0 Å². The first-order valence-electron chi connectivity index (χ1n) is 3.08. The largest absolute Gasteiger partial charge is 0.229 e. The summed E-state index contributed by atoms with van der Waals surface area (Å²) in [5.74, 6) is -0.391. The highest BCUT2D eigenvalue weighted by molar-refractivity contribution is 9.11. The first-order chi connectivity index (χ1) is 5.68. The van der Waals surface area contributed by atoms with Crippen molar-refractivity contribution in [3.63, 3.8) is 0 Å². The van der Waals surface area contributed by atoms with Crippen LogP contribution in [0, 0.1) is 5.82 Å². The number of hydrogen-bond donors (Lipinski definition) is 0. The second kappa shape index (κ2) is 2.94. The summed E-state index contributed by atoms with van der Waals surface area (Å²) in [6.45, 7) is 0. The lowest BCUT2D eigenvalue weighted by molar-refractivity contribution is 0.642. The molecule has 1 nitrogen and oxygen atoms in total. The van der Waals surface area contributed by atoms with Gasteiger partial charge in [0.1, 0.15) is 0 Å². The molecule has 2 aromatic rings. The van der Waals surface area contributed by atoms with Crippen molar-refractivity contribution in [2.75, 3.05) is 0 Å². The number of fused-ring (bicyclic) bond motifs is 1. The van der Waals surface area contributed by atoms with Crippen LogP contribution in [-0.4, -0.2) is 4.98 Å². The van der Waals surface area contributed by atoms with Crippen molar-refractivity contribution >= 4 is 49.1 Å². The predicted molar refractivity (Wildman–Crippen MR) is 52.3 cm³/mol. The van der Waals surface area contributed by atoms with Gasteiger partial charge in [0.2, 0.25) is 0 Å². The molecular weight excluding hydrogens is 265 g/mol. The molecule has 0 atom stereocenters. The first kappa shape index (κ1) is 8.41. The molecule has 0 unspecified atom stereocenters. The van der Waals surface area contributed by atoms with E-state index < -0.39 is 5.82 Å². The van der Waals surface area contributed by atoms with E-state index in [9.17, 15) is 4.39 Å². The normalized spacial score (nSPS) is 10.9. The average molecular weight is 267 g/mol. The van der Waals surface area contributed by atoms with E-state index in [2.05, 4.69) is 20.9 Å². The zero-order chi connectivity index (χ0) is 8.72. The Morgan fingerprint density at radius 1 is 1.50 bits per heavy atom. The van der Waals surface area contributed by atoms with E-state index in [1.165, 1.54) is 17.4 Å². The molecule has 5 heteroatoms. The van der Waals surface area contributed by atoms with Crippen LogP contribution >= 0.6 is 38.9 Å². The van der Waals surface area contributed by atoms with Crippen LogP contribution in [0.5, 0.6) is 0 Å². The summed E-state index contributed by atoms with van der Waals surface area (Å²) >= 11 is 10.0. The van der Waals surface area contributed by atoms with Gasteiger partial charge in [0, 0.05) is 0 Å². The molecule has 0 radical (unpaired) electrons. The molecule has 0 spiro atoms. The van der Waals surface area contributed by atoms with Crippen molar-refractivity contribution in [2.24, 2.45) is 0 Å². The van der Waals surface area contributed by atoms with E-state index in [0.717, 1.165) is 0 Å². The van der Waals surface area contributed by atoms with Crippen molar-refractivity contribution < 1.29 is 4.39 Å². The average Bonchev–Trinajstić information content (AvgIpc) is 2.39. The van der Waals surface area contributed by atoms with Crippen LogP contribution in [0.1, 0.15) is 0 Å². The Labute approximate surface area is 85.3 Å². The molecule has 62 valence electrons. The lowest BCUT2D eigenvalue weighted by Crippen LogP contribution is -1.76. The zero-order valence-corrected chi connectivity index (χ0v) is 8.80. The van der Waals surface area contributed by atoms with Crippen molar-refractivity contribution in [2.45, 2.75) is 0 Å². The van der Waals surface area contributed by atoms with Gasteiger partial charge in [0.05, 0.1) is 15.2 Å². The minimum Gasteiger partial charge on any atom is -0.229 e. The molecule has 2 rings (SSSR count). The minimum atomic E-state index is -0.391. The van der Waals surface area contributed by atoms with Gasteiger partial charge in [-0.2, -0.15) is 0 Å². The summed E-state index contributed by atoms with van der Waals surface area (Å²) in [6.07, 6.45) is 0. The molecule has 0 aliphatic rings. The molecule has 0 saturated carbocycles. The summed E-state index contributed by atoms with van der Waals surface area (Å²) in [7, 11) is 0. The molecule has 1 aromatic carbocycles. The Kier molecular flexibility index (Phi) is 2.06. The van der Waals surface area contributed by atoms with E-state index in [0.29, 0.717) is 14.1 Å². The maximum absolute atomic E-state index is 13.2. The third-order valence-electron chi connectivity index (χ3n) is 1.42. The predicted octanol–water partition coefficient (Wildman–Crippen LogP) is 3.85. The van der Waals surface area contributed by atoms with Crippen LogP contribution in [0.15, 0.2) is 16.0 Å². The lowest BCUT2D eigenvalue weighted by atomic mass is 10.3. The van der Waals surface area contributed by atoms with Crippen LogP contribution < -0.4 is 0 Å². The van der Waals surface area contributed by atoms with Gasteiger partial charge in [-0.15, -0.1) is 11.3 Å². The summed E-state index contributed by atoms with van der Waals surface area (Å²) in [5, 5.41) is 0.138. The molecule has 12 heavy (non-hydrogen) atoms. The standard InChI is InChI=1S/C7H2BrClFNS/c8-7-11-4-2-1-3(9)5(10)6(4)12-7/h1-2H. The second-order valence-electron chi connectivity index (χ2n) is 2.18. The highest BCUT2D eigenvalue weighted by Crippen LogP contribution is 2.31. The number of thiazole rings is 1. The third kappa shape index (κ3) is 1.24. The van der Waals surface area contributed by atoms with Crippen LogP contribution in [0.2, 0.25) is 5.02 Å². The number of aromatic nitrogens is 1. The Hall–Kier alpha value is -0.190. The highest BCUT2D eigenvalue weighted by atomic mass is 79.9. The van der Waals surface area contributed by atoms with Gasteiger partial charge < -0.3 is 0 Å². The molecule has 0 amide bonds. The Morgan fingerprint density at radius 2 is 2.25 bits per heavy atom. The molecule has 0 saturated heterocycles. The smallest absolute Gasteiger partial charge is 0.161 e. The fraction of sp³-hybridized carbons (Fsp3) is 0. The quantitative estimate of drug-likeness (QED) is 0.706. The monoisotopic (exact) mass is 265 g/mol. The van der Waals surface area contributed by atoms with E-state index in [1.807, 2.05) is 0 Å². The first-order valence-corrected chi connectivity index (χ1v) is 5.07. The molecule has 0 fully saturated rings. The number of hydrogen-bond acceptors (Lipinski definition) is 2. The summed E-state index contributed by atoms with van der Waals surface area (Å²) < 4.78 is 14.4. The van der Waals surface area contributed by atoms with E-state index in [-0.39, 0.29) is 5.02 Å². The van der Waals surface area contributed by atoms with Crippen LogP contribution in [0.25, 0.3) is 10.2 Å². The summed E-state index contributed by atoms with van der Waals surface area (Å²) in [4.78, 5) is 4.05. The molecule has 1 heterocycles. The van der Waals surface area contributed by atoms with E-state index in [4.69, 9.17) is 11.6 Å². The fourth-order valence-electron chi connectivity index (χ4n) is 0.909. The van der Waals surface area contributed by atoms with E-state index in [1.54, 1.807) is 6.07 Å². The topological polar surface area (TPSA) is 12.9 Å². The third-order valence-corrected chi connectivity index (χ3v) is 3.23. The zero-order valence-electron chi connectivity index (χ0n) is 5.64. The Balaban J connectivity index is 2.89. The Bertz CT molecular complexity index is 442. The molecule has 0 N–H and O–H groups in total. The van der Waals surface area contributed by atoms with Crippen molar-refractivity contribution in [3.05, 3.63) is 26.9 Å². The van der Waals surface area contributed by atoms with Crippen molar-refractivity contribution in [1.82, 2.24) is 4.98 Å².